The number of unbranched alkanes of at least 4 members (excludes halogenated alkanes) is 52. The second-order valence-corrected chi connectivity index (χ2v) is 35.3. The molecule has 0 bridgehead atoms. The molecule has 0 aliphatic heterocycles. The third-order valence-corrected chi connectivity index (χ3v) is 22.0. The van der Waals surface area contributed by atoms with Crippen LogP contribution in [0.1, 0.15) is 453 Å². The van der Waals surface area contributed by atoms with Crippen molar-refractivity contribution in [2.24, 2.45) is 17.8 Å². The van der Waals surface area contributed by atoms with Crippen molar-refractivity contribution in [2.75, 3.05) is 39.6 Å². The van der Waals surface area contributed by atoms with E-state index in [4.69, 9.17) is 37.0 Å². The molecule has 0 saturated heterocycles. The molecule has 0 aromatic heterocycles. The first kappa shape index (κ1) is 103. The van der Waals surface area contributed by atoms with Crippen molar-refractivity contribution in [2.45, 2.75) is 471 Å². The predicted octanol–water partition coefficient (Wildman–Crippen LogP) is 26.1. The molecule has 0 aromatic carbocycles. The fourth-order valence-corrected chi connectivity index (χ4v) is 14.9. The lowest BCUT2D eigenvalue weighted by atomic mass is 10.0. The molecule has 0 saturated carbocycles. The number of phosphoric ester groups is 2. The van der Waals surface area contributed by atoms with Gasteiger partial charge in [-0.05, 0) is 43.4 Å². The van der Waals surface area contributed by atoms with Gasteiger partial charge in [-0.3, -0.25) is 37.3 Å². The molecule has 0 amide bonds. The lowest BCUT2D eigenvalue weighted by Gasteiger charge is -2.21. The van der Waals surface area contributed by atoms with Crippen molar-refractivity contribution < 1.29 is 80.2 Å². The molecule has 0 rings (SSSR count). The molecule has 0 aliphatic rings. The molecule has 0 aliphatic carbocycles. The molecule has 0 heterocycles. The van der Waals surface area contributed by atoms with Gasteiger partial charge in [-0.25, -0.2) is 9.13 Å². The zero-order chi connectivity index (χ0) is 77.2. The molecular weight excluding hydrogens is 1370 g/mol. The minimum atomic E-state index is -4.97. The van der Waals surface area contributed by atoms with E-state index < -0.39 is 97.5 Å². The van der Waals surface area contributed by atoms with Crippen molar-refractivity contribution in [1.29, 1.82) is 0 Å². The highest BCUT2D eigenvalue weighted by Crippen LogP contribution is 2.45. The Labute approximate surface area is 645 Å². The van der Waals surface area contributed by atoms with Gasteiger partial charge in [0.25, 0.3) is 0 Å². The van der Waals surface area contributed by atoms with Gasteiger partial charge in [0.1, 0.15) is 19.3 Å². The largest absolute Gasteiger partial charge is 0.472 e. The van der Waals surface area contributed by atoms with Gasteiger partial charge in [0.05, 0.1) is 26.4 Å². The van der Waals surface area contributed by atoms with E-state index in [9.17, 15) is 43.2 Å². The molecular formula is C86H168O17P2. The SMILES string of the molecule is CCCCCCCCCCCCCCCCCCCCCC(=O)OC[C@H](COP(=O)(O)OC[C@@H](O)COP(=O)(O)OC[C@@H](COC(=O)CCCCCCCCCCCC(C)C)OC(=O)CCCCCCCCCCCCCCC(C)C)OC(=O)CCCCCCCCCCCCCCCCCCC(C)C. The average molecular weight is 1540 g/mol. The second-order valence-electron chi connectivity index (χ2n) is 32.4. The minimum absolute atomic E-state index is 0.107. The Morgan fingerprint density at radius 2 is 0.438 bits per heavy atom. The van der Waals surface area contributed by atoms with Gasteiger partial charge >= 0.3 is 39.5 Å². The highest BCUT2D eigenvalue weighted by molar-refractivity contribution is 7.47. The zero-order valence-electron chi connectivity index (χ0n) is 69.2. The number of esters is 4. The van der Waals surface area contributed by atoms with Crippen LogP contribution in [0.15, 0.2) is 0 Å². The van der Waals surface area contributed by atoms with Crippen molar-refractivity contribution in [3.63, 3.8) is 0 Å². The number of carbonyl (C=O) groups excluding carboxylic acids is 4. The number of rotatable bonds is 84. The van der Waals surface area contributed by atoms with Crippen LogP contribution in [0.2, 0.25) is 0 Å². The molecule has 0 spiro atoms. The zero-order valence-corrected chi connectivity index (χ0v) is 71.0. The van der Waals surface area contributed by atoms with Crippen LogP contribution in [-0.4, -0.2) is 96.7 Å². The number of hydrogen-bond acceptors (Lipinski definition) is 15. The maximum absolute atomic E-state index is 13.2. The number of hydrogen-bond donors (Lipinski definition) is 3. The van der Waals surface area contributed by atoms with Crippen LogP contribution in [-0.2, 0) is 65.4 Å². The van der Waals surface area contributed by atoms with Crippen LogP contribution in [0.5, 0.6) is 0 Å². The number of ether oxygens (including phenoxy) is 4. The van der Waals surface area contributed by atoms with E-state index in [1.165, 1.54) is 263 Å². The Hall–Kier alpha value is -1.94. The summed E-state index contributed by atoms with van der Waals surface area (Å²) in [5.41, 5.74) is 0. The maximum atomic E-state index is 13.2. The van der Waals surface area contributed by atoms with Crippen LogP contribution in [0.3, 0.4) is 0 Å². The average Bonchev–Trinajstić information content (AvgIpc) is 0.906. The van der Waals surface area contributed by atoms with Gasteiger partial charge in [-0.1, -0.05) is 402 Å². The number of aliphatic hydroxyl groups is 1. The highest BCUT2D eigenvalue weighted by Gasteiger charge is 2.30. The van der Waals surface area contributed by atoms with E-state index in [2.05, 4.69) is 48.5 Å². The third kappa shape index (κ3) is 79.9. The Balaban J connectivity index is 5.26. The number of phosphoric acid groups is 2. The Morgan fingerprint density at radius 1 is 0.257 bits per heavy atom. The van der Waals surface area contributed by atoms with Crippen LogP contribution in [0.25, 0.3) is 0 Å². The summed E-state index contributed by atoms with van der Waals surface area (Å²) in [5, 5.41) is 10.7. The van der Waals surface area contributed by atoms with Gasteiger partial charge in [-0.2, -0.15) is 0 Å². The van der Waals surface area contributed by atoms with Gasteiger partial charge in [0.2, 0.25) is 0 Å². The van der Waals surface area contributed by atoms with Crippen molar-refractivity contribution >= 4 is 39.5 Å². The van der Waals surface area contributed by atoms with Crippen molar-refractivity contribution in [3.05, 3.63) is 0 Å². The van der Waals surface area contributed by atoms with Gasteiger partial charge in [0.15, 0.2) is 12.2 Å². The lowest BCUT2D eigenvalue weighted by Crippen LogP contribution is -2.30. The molecule has 5 atom stereocenters. The molecule has 105 heavy (non-hydrogen) atoms. The Bertz CT molecular complexity index is 2030. The van der Waals surface area contributed by atoms with E-state index in [0.717, 1.165) is 108 Å². The fraction of sp³-hybridized carbons (Fsp3) is 0.953. The first-order valence-electron chi connectivity index (χ1n) is 44.3. The first-order valence-corrected chi connectivity index (χ1v) is 47.3. The van der Waals surface area contributed by atoms with Crippen LogP contribution < -0.4 is 0 Å². The van der Waals surface area contributed by atoms with E-state index >= 15 is 0 Å². The summed E-state index contributed by atoms with van der Waals surface area (Å²) >= 11 is 0. The molecule has 2 unspecified atom stereocenters. The molecule has 3 N–H and O–H groups in total. The normalized spacial score (nSPS) is 13.9. The topological polar surface area (TPSA) is 237 Å². The lowest BCUT2D eigenvalue weighted by molar-refractivity contribution is -0.161. The quantitative estimate of drug-likeness (QED) is 0.0222. The van der Waals surface area contributed by atoms with E-state index in [1.807, 2.05) is 0 Å². The summed E-state index contributed by atoms with van der Waals surface area (Å²) in [6.45, 7) is 12.0. The highest BCUT2D eigenvalue weighted by atomic mass is 31.2. The number of carbonyl (C=O) groups is 4. The molecule has 624 valence electrons. The molecule has 17 nitrogen and oxygen atoms in total. The standard InChI is InChI=1S/C86H168O17P2/c1-8-9-10-11-12-13-14-15-16-17-18-19-23-26-32-39-46-53-60-67-83(88)96-73-81(102-85(90)69-62-55-48-40-33-27-24-21-20-22-25-30-36-43-50-57-64-77(2)3)75-100-104(92,93)98-71-80(87)72-99-105(94,95)101-76-82(74-97-84(89)68-61-54-47-42-35-38-45-52-59-66-79(6)7)103-86(91)70-63-56-49-41-34-29-28-31-37-44-51-58-65-78(4)5/h77-82,87H,8-76H2,1-7H3,(H,92,93)(H,94,95)/t80-,81-,82-/m1/s1. The number of aliphatic hydroxyl groups excluding tert-OH is 1. The van der Waals surface area contributed by atoms with Crippen molar-refractivity contribution in [1.82, 2.24) is 0 Å². The monoisotopic (exact) mass is 1540 g/mol. The molecule has 0 fully saturated rings. The smallest absolute Gasteiger partial charge is 0.462 e. The molecule has 0 radical (unpaired) electrons. The van der Waals surface area contributed by atoms with Crippen molar-refractivity contribution in [3.8, 4) is 0 Å². The first-order chi connectivity index (χ1) is 50.7. The summed E-state index contributed by atoms with van der Waals surface area (Å²) in [7, 11) is -9.93. The van der Waals surface area contributed by atoms with Crippen LogP contribution >= 0.6 is 15.6 Å². The minimum Gasteiger partial charge on any atom is -0.462 e. The summed E-state index contributed by atoms with van der Waals surface area (Å²) in [4.78, 5) is 73.3. The Morgan fingerprint density at radius 3 is 0.648 bits per heavy atom. The predicted molar refractivity (Wildman–Crippen MR) is 432 cm³/mol. The summed E-state index contributed by atoms with van der Waals surface area (Å²) in [6.07, 6.45) is 66.6. The third-order valence-electron chi connectivity index (χ3n) is 20.1. The van der Waals surface area contributed by atoms with Crippen LogP contribution in [0, 0.1) is 17.8 Å². The van der Waals surface area contributed by atoms with Gasteiger partial charge in [0, 0.05) is 25.7 Å². The van der Waals surface area contributed by atoms with E-state index in [0.29, 0.717) is 25.7 Å². The fourth-order valence-electron chi connectivity index (χ4n) is 13.4. The summed E-state index contributed by atoms with van der Waals surface area (Å²) in [6, 6.07) is 0. The van der Waals surface area contributed by atoms with E-state index in [-0.39, 0.29) is 25.7 Å². The van der Waals surface area contributed by atoms with Gasteiger partial charge in [-0.15, -0.1) is 0 Å². The Kier molecular flexibility index (Phi) is 74.7. The maximum Gasteiger partial charge on any atom is 0.472 e. The van der Waals surface area contributed by atoms with Gasteiger partial charge < -0.3 is 33.8 Å². The molecule has 0 aromatic rings. The summed E-state index contributed by atoms with van der Waals surface area (Å²) in [5.74, 6) is 0.225. The van der Waals surface area contributed by atoms with Crippen LogP contribution in [0.4, 0.5) is 0 Å². The molecule has 19 heteroatoms. The van der Waals surface area contributed by atoms with E-state index in [1.54, 1.807) is 0 Å². The second kappa shape index (κ2) is 76.1. The summed E-state index contributed by atoms with van der Waals surface area (Å²) < 4.78 is 68.9.